The van der Waals surface area contributed by atoms with Crippen LogP contribution in [0, 0.1) is 0 Å². The number of aliphatic hydroxyl groups excluding tert-OH is 1. The molecule has 82 valence electrons. The Bertz CT molecular complexity index is 307. The van der Waals surface area contributed by atoms with Gasteiger partial charge in [0.2, 0.25) is 0 Å². The molecule has 1 aromatic carbocycles. The van der Waals surface area contributed by atoms with Gasteiger partial charge in [0.25, 0.3) is 0 Å². The standard InChI is InChI=1S/C13H19NO/c14-9-10-5-7-11(8-6-10)12-3-1-2-4-13(12)15/h5-8,12-13,15H,1-4,9,14H2. The van der Waals surface area contributed by atoms with E-state index in [2.05, 4.69) is 24.3 Å². The molecule has 2 atom stereocenters. The lowest BCUT2D eigenvalue weighted by Gasteiger charge is -2.28. The lowest BCUT2D eigenvalue weighted by atomic mass is 9.81. The normalized spacial score (nSPS) is 26.5. The van der Waals surface area contributed by atoms with Crippen LogP contribution in [0.3, 0.4) is 0 Å². The zero-order chi connectivity index (χ0) is 10.7. The molecular formula is C13H19NO. The molecule has 15 heavy (non-hydrogen) atoms. The Labute approximate surface area is 91.1 Å². The van der Waals surface area contributed by atoms with Crippen LogP contribution in [-0.2, 0) is 6.54 Å². The van der Waals surface area contributed by atoms with Crippen LogP contribution in [0.4, 0.5) is 0 Å². The number of hydrogen-bond acceptors (Lipinski definition) is 2. The van der Waals surface area contributed by atoms with Gasteiger partial charge in [0.15, 0.2) is 0 Å². The van der Waals surface area contributed by atoms with Crippen LogP contribution in [0.5, 0.6) is 0 Å². The first-order chi connectivity index (χ1) is 7.31. The second kappa shape index (κ2) is 4.77. The van der Waals surface area contributed by atoms with Crippen LogP contribution in [0.1, 0.15) is 42.7 Å². The van der Waals surface area contributed by atoms with Crippen LogP contribution < -0.4 is 5.73 Å². The number of nitrogens with two attached hydrogens (primary N) is 1. The average Bonchev–Trinajstić information content (AvgIpc) is 2.30. The van der Waals surface area contributed by atoms with E-state index in [1.807, 2.05) is 0 Å². The molecule has 0 amide bonds. The summed E-state index contributed by atoms with van der Waals surface area (Å²) in [6.45, 7) is 0.591. The van der Waals surface area contributed by atoms with Crippen LogP contribution in [0.25, 0.3) is 0 Å². The molecule has 1 aliphatic rings. The van der Waals surface area contributed by atoms with Crippen LogP contribution >= 0.6 is 0 Å². The van der Waals surface area contributed by atoms with E-state index in [1.165, 1.54) is 18.4 Å². The summed E-state index contributed by atoms with van der Waals surface area (Å²) >= 11 is 0. The molecule has 0 saturated heterocycles. The second-order valence-electron chi connectivity index (χ2n) is 4.40. The quantitative estimate of drug-likeness (QED) is 0.777. The van der Waals surface area contributed by atoms with Crippen LogP contribution in [0.2, 0.25) is 0 Å². The minimum Gasteiger partial charge on any atom is -0.392 e. The summed E-state index contributed by atoms with van der Waals surface area (Å²) in [4.78, 5) is 0. The topological polar surface area (TPSA) is 46.2 Å². The van der Waals surface area contributed by atoms with Gasteiger partial charge in [-0.05, 0) is 24.0 Å². The van der Waals surface area contributed by atoms with Gasteiger partial charge in [-0.25, -0.2) is 0 Å². The van der Waals surface area contributed by atoms with Crippen molar-refractivity contribution in [3.05, 3.63) is 35.4 Å². The molecule has 2 nitrogen and oxygen atoms in total. The first-order valence-electron chi connectivity index (χ1n) is 5.78. The van der Waals surface area contributed by atoms with Crippen molar-refractivity contribution < 1.29 is 5.11 Å². The molecule has 2 heteroatoms. The average molecular weight is 205 g/mol. The first kappa shape index (κ1) is 10.7. The molecule has 0 bridgehead atoms. The Kier molecular flexibility index (Phi) is 3.39. The van der Waals surface area contributed by atoms with Crippen LogP contribution in [0.15, 0.2) is 24.3 Å². The van der Waals surface area contributed by atoms with Crippen LogP contribution in [-0.4, -0.2) is 11.2 Å². The Morgan fingerprint density at radius 2 is 1.80 bits per heavy atom. The fourth-order valence-electron chi connectivity index (χ4n) is 2.40. The zero-order valence-electron chi connectivity index (χ0n) is 9.02. The first-order valence-corrected chi connectivity index (χ1v) is 5.78. The number of aliphatic hydroxyl groups is 1. The van der Waals surface area contributed by atoms with Gasteiger partial charge in [-0.2, -0.15) is 0 Å². The second-order valence-corrected chi connectivity index (χ2v) is 4.40. The van der Waals surface area contributed by atoms with Crippen molar-refractivity contribution in [1.82, 2.24) is 0 Å². The van der Waals surface area contributed by atoms with Crippen molar-refractivity contribution >= 4 is 0 Å². The van der Waals surface area contributed by atoms with E-state index in [4.69, 9.17) is 5.73 Å². The van der Waals surface area contributed by atoms with E-state index >= 15 is 0 Å². The third-order valence-electron chi connectivity index (χ3n) is 3.37. The lowest BCUT2D eigenvalue weighted by molar-refractivity contribution is 0.106. The summed E-state index contributed by atoms with van der Waals surface area (Å²) in [7, 11) is 0. The molecule has 2 unspecified atom stereocenters. The zero-order valence-corrected chi connectivity index (χ0v) is 9.02. The number of benzene rings is 1. The lowest BCUT2D eigenvalue weighted by Crippen LogP contribution is -2.22. The third kappa shape index (κ3) is 2.39. The molecule has 3 N–H and O–H groups in total. The van der Waals surface area contributed by atoms with Gasteiger partial charge >= 0.3 is 0 Å². The summed E-state index contributed by atoms with van der Waals surface area (Å²) < 4.78 is 0. The van der Waals surface area contributed by atoms with Crippen molar-refractivity contribution in [1.29, 1.82) is 0 Å². The summed E-state index contributed by atoms with van der Waals surface area (Å²) in [5.41, 5.74) is 7.98. The highest BCUT2D eigenvalue weighted by Crippen LogP contribution is 2.32. The van der Waals surface area contributed by atoms with E-state index < -0.39 is 0 Å². The molecule has 1 saturated carbocycles. The van der Waals surface area contributed by atoms with E-state index in [0.29, 0.717) is 12.5 Å². The molecule has 0 heterocycles. The highest BCUT2D eigenvalue weighted by atomic mass is 16.3. The molecule has 0 aromatic heterocycles. The SMILES string of the molecule is NCc1ccc(C2CCCCC2O)cc1. The summed E-state index contributed by atoms with van der Waals surface area (Å²) in [5.74, 6) is 0.338. The number of hydrogen-bond donors (Lipinski definition) is 2. The monoisotopic (exact) mass is 205 g/mol. The molecule has 0 aliphatic heterocycles. The minimum absolute atomic E-state index is 0.150. The summed E-state index contributed by atoms with van der Waals surface area (Å²) in [6, 6.07) is 8.36. The van der Waals surface area contributed by atoms with Gasteiger partial charge in [-0.15, -0.1) is 0 Å². The summed E-state index contributed by atoms with van der Waals surface area (Å²) in [6.07, 6.45) is 4.31. The van der Waals surface area contributed by atoms with E-state index in [-0.39, 0.29) is 6.10 Å². The predicted molar refractivity (Wildman–Crippen MR) is 61.5 cm³/mol. The molecule has 1 aliphatic carbocycles. The Hall–Kier alpha value is -0.860. The third-order valence-corrected chi connectivity index (χ3v) is 3.37. The highest BCUT2D eigenvalue weighted by Gasteiger charge is 2.24. The highest BCUT2D eigenvalue weighted by molar-refractivity contribution is 5.26. The van der Waals surface area contributed by atoms with Gasteiger partial charge in [-0.1, -0.05) is 37.1 Å². The smallest absolute Gasteiger partial charge is 0.0608 e. The van der Waals surface area contributed by atoms with Crippen molar-refractivity contribution in [2.75, 3.05) is 0 Å². The maximum absolute atomic E-state index is 9.92. The molecule has 0 spiro atoms. The van der Waals surface area contributed by atoms with Gasteiger partial charge in [-0.3, -0.25) is 0 Å². The van der Waals surface area contributed by atoms with Gasteiger partial charge in [0, 0.05) is 12.5 Å². The molecule has 1 aromatic rings. The van der Waals surface area contributed by atoms with E-state index in [0.717, 1.165) is 18.4 Å². The Balaban J connectivity index is 2.13. The molecule has 1 fully saturated rings. The Morgan fingerprint density at radius 3 is 2.40 bits per heavy atom. The van der Waals surface area contributed by atoms with E-state index in [1.54, 1.807) is 0 Å². The fourth-order valence-corrected chi connectivity index (χ4v) is 2.40. The minimum atomic E-state index is -0.150. The fraction of sp³-hybridized carbons (Fsp3) is 0.538. The van der Waals surface area contributed by atoms with E-state index in [9.17, 15) is 5.11 Å². The predicted octanol–water partition coefficient (Wildman–Crippen LogP) is 2.16. The van der Waals surface area contributed by atoms with Crippen molar-refractivity contribution in [2.24, 2.45) is 5.73 Å². The Morgan fingerprint density at radius 1 is 1.13 bits per heavy atom. The van der Waals surface area contributed by atoms with Gasteiger partial charge in [0.05, 0.1) is 6.10 Å². The van der Waals surface area contributed by atoms with Gasteiger partial charge < -0.3 is 10.8 Å². The molecule has 2 rings (SSSR count). The summed E-state index contributed by atoms with van der Waals surface area (Å²) in [5, 5.41) is 9.92. The van der Waals surface area contributed by atoms with Gasteiger partial charge in [0.1, 0.15) is 0 Å². The van der Waals surface area contributed by atoms with Crippen molar-refractivity contribution in [3.63, 3.8) is 0 Å². The molecular weight excluding hydrogens is 186 g/mol. The maximum atomic E-state index is 9.92. The van der Waals surface area contributed by atoms with Crippen molar-refractivity contribution in [2.45, 2.75) is 44.2 Å². The molecule has 0 radical (unpaired) electrons. The van der Waals surface area contributed by atoms with Crippen molar-refractivity contribution in [3.8, 4) is 0 Å². The maximum Gasteiger partial charge on any atom is 0.0608 e. The largest absolute Gasteiger partial charge is 0.392 e. The number of rotatable bonds is 2.